The van der Waals surface area contributed by atoms with Gasteiger partial charge in [0.2, 0.25) is 0 Å². The van der Waals surface area contributed by atoms with Gasteiger partial charge in [0.25, 0.3) is 0 Å². The van der Waals surface area contributed by atoms with Crippen LogP contribution in [0.15, 0.2) is 60.9 Å². The van der Waals surface area contributed by atoms with Crippen LogP contribution in [0.5, 0.6) is 5.75 Å². The van der Waals surface area contributed by atoms with Crippen LogP contribution in [0.25, 0.3) is 0 Å². The van der Waals surface area contributed by atoms with Crippen molar-refractivity contribution in [2.75, 3.05) is 6.61 Å². The van der Waals surface area contributed by atoms with Crippen molar-refractivity contribution in [3.63, 3.8) is 0 Å². The Labute approximate surface area is 120 Å². The van der Waals surface area contributed by atoms with Gasteiger partial charge in [-0.3, -0.25) is 4.98 Å². The van der Waals surface area contributed by atoms with Gasteiger partial charge in [-0.25, -0.2) is 0 Å². The minimum absolute atomic E-state index is 0.568. The number of ether oxygens (including phenoxy) is 1. The van der Waals surface area contributed by atoms with Gasteiger partial charge in [0.15, 0.2) is 0 Å². The molecule has 20 heavy (non-hydrogen) atoms. The van der Waals surface area contributed by atoms with Crippen LogP contribution < -0.4 is 10.1 Å². The molecule has 0 spiro atoms. The van der Waals surface area contributed by atoms with E-state index in [2.05, 4.69) is 35.1 Å². The average molecular weight is 268 g/mol. The number of hydrogen-bond acceptors (Lipinski definition) is 3. The summed E-state index contributed by atoms with van der Waals surface area (Å²) in [5, 5.41) is 3.39. The SMILES string of the molecule is C=C(C)COc1ccc(CNCc2cccnc2)cc1. The Morgan fingerprint density at radius 1 is 1.15 bits per heavy atom. The molecule has 0 unspecified atom stereocenters. The van der Waals surface area contributed by atoms with Crippen molar-refractivity contribution in [3.05, 3.63) is 72.1 Å². The normalized spacial score (nSPS) is 10.2. The molecule has 1 aromatic carbocycles. The Kier molecular flexibility index (Phi) is 5.33. The van der Waals surface area contributed by atoms with E-state index in [1.165, 1.54) is 11.1 Å². The topological polar surface area (TPSA) is 34.1 Å². The van der Waals surface area contributed by atoms with E-state index in [-0.39, 0.29) is 0 Å². The maximum atomic E-state index is 5.57. The molecule has 1 heterocycles. The number of hydrogen-bond donors (Lipinski definition) is 1. The molecule has 3 nitrogen and oxygen atoms in total. The molecule has 0 radical (unpaired) electrons. The first-order chi connectivity index (χ1) is 9.74. The highest BCUT2D eigenvalue weighted by Gasteiger charge is 1.97. The molecule has 104 valence electrons. The van der Waals surface area contributed by atoms with Crippen LogP contribution in [0.2, 0.25) is 0 Å². The van der Waals surface area contributed by atoms with Crippen LogP contribution in [0.3, 0.4) is 0 Å². The summed E-state index contributed by atoms with van der Waals surface area (Å²) in [5.41, 5.74) is 3.44. The fourth-order valence-electron chi connectivity index (χ4n) is 1.76. The molecule has 3 heteroatoms. The van der Waals surface area contributed by atoms with Crippen molar-refractivity contribution in [1.82, 2.24) is 10.3 Å². The van der Waals surface area contributed by atoms with Crippen molar-refractivity contribution < 1.29 is 4.74 Å². The van der Waals surface area contributed by atoms with Gasteiger partial charge in [-0.05, 0) is 41.8 Å². The molecule has 0 fully saturated rings. The van der Waals surface area contributed by atoms with Crippen LogP contribution >= 0.6 is 0 Å². The summed E-state index contributed by atoms with van der Waals surface area (Å²) >= 11 is 0. The van der Waals surface area contributed by atoms with Gasteiger partial charge in [-0.15, -0.1) is 0 Å². The lowest BCUT2D eigenvalue weighted by atomic mass is 10.2. The number of benzene rings is 1. The molecule has 0 saturated carbocycles. The monoisotopic (exact) mass is 268 g/mol. The Bertz CT molecular complexity index is 535. The smallest absolute Gasteiger partial charge is 0.119 e. The molecule has 0 amide bonds. The van der Waals surface area contributed by atoms with Crippen molar-refractivity contribution in [3.8, 4) is 5.75 Å². The zero-order valence-corrected chi connectivity index (χ0v) is 11.8. The van der Waals surface area contributed by atoms with Gasteiger partial charge < -0.3 is 10.1 Å². The number of aromatic nitrogens is 1. The van der Waals surface area contributed by atoms with E-state index >= 15 is 0 Å². The highest BCUT2D eigenvalue weighted by atomic mass is 16.5. The second-order valence-electron chi connectivity index (χ2n) is 4.85. The van der Waals surface area contributed by atoms with Crippen LogP contribution in [0, 0.1) is 0 Å². The molecule has 0 atom stereocenters. The molecule has 0 aliphatic heterocycles. The van der Waals surface area contributed by atoms with E-state index in [4.69, 9.17) is 4.74 Å². The Morgan fingerprint density at radius 2 is 1.90 bits per heavy atom. The zero-order valence-electron chi connectivity index (χ0n) is 11.8. The second-order valence-corrected chi connectivity index (χ2v) is 4.85. The summed E-state index contributed by atoms with van der Waals surface area (Å²) in [5.74, 6) is 0.879. The molecule has 0 aliphatic rings. The fourth-order valence-corrected chi connectivity index (χ4v) is 1.76. The predicted octanol–water partition coefficient (Wildman–Crippen LogP) is 3.33. The van der Waals surface area contributed by atoms with Crippen LogP contribution in [0.4, 0.5) is 0 Å². The summed E-state index contributed by atoms with van der Waals surface area (Å²) in [7, 11) is 0. The Balaban J connectivity index is 1.77. The maximum absolute atomic E-state index is 5.57. The van der Waals surface area contributed by atoms with E-state index in [0.29, 0.717) is 6.61 Å². The van der Waals surface area contributed by atoms with Crippen molar-refractivity contribution >= 4 is 0 Å². The van der Waals surface area contributed by atoms with Gasteiger partial charge >= 0.3 is 0 Å². The lowest BCUT2D eigenvalue weighted by Gasteiger charge is -2.08. The molecular weight excluding hydrogens is 248 g/mol. The zero-order chi connectivity index (χ0) is 14.2. The van der Waals surface area contributed by atoms with Crippen LogP contribution in [-0.4, -0.2) is 11.6 Å². The summed E-state index contributed by atoms with van der Waals surface area (Å²) < 4.78 is 5.57. The van der Waals surface area contributed by atoms with E-state index in [9.17, 15) is 0 Å². The maximum Gasteiger partial charge on any atom is 0.119 e. The van der Waals surface area contributed by atoms with Crippen molar-refractivity contribution in [2.24, 2.45) is 0 Å². The average Bonchev–Trinajstić information content (AvgIpc) is 2.47. The first-order valence-electron chi connectivity index (χ1n) is 6.70. The second kappa shape index (κ2) is 7.46. The predicted molar refractivity (Wildman–Crippen MR) is 81.5 cm³/mol. The highest BCUT2D eigenvalue weighted by molar-refractivity contribution is 5.27. The van der Waals surface area contributed by atoms with Gasteiger partial charge in [0.1, 0.15) is 12.4 Å². The summed E-state index contributed by atoms with van der Waals surface area (Å²) in [6, 6.07) is 12.1. The van der Waals surface area contributed by atoms with E-state index in [1.54, 1.807) is 6.20 Å². The molecule has 2 rings (SSSR count). The van der Waals surface area contributed by atoms with E-state index in [0.717, 1.165) is 24.4 Å². The number of nitrogens with zero attached hydrogens (tertiary/aromatic N) is 1. The Hall–Kier alpha value is -2.13. The first-order valence-corrected chi connectivity index (χ1v) is 6.70. The van der Waals surface area contributed by atoms with Gasteiger partial charge in [0, 0.05) is 25.5 Å². The highest BCUT2D eigenvalue weighted by Crippen LogP contribution is 2.13. The van der Waals surface area contributed by atoms with Crippen molar-refractivity contribution in [1.29, 1.82) is 0 Å². The largest absolute Gasteiger partial charge is 0.489 e. The molecule has 0 bridgehead atoms. The minimum Gasteiger partial charge on any atom is -0.489 e. The molecule has 1 aromatic heterocycles. The number of rotatable bonds is 7. The van der Waals surface area contributed by atoms with E-state index in [1.807, 2.05) is 31.3 Å². The molecule has 1 N–H and O–H groups in total. The molecule has 0 aliphatic carbocycles. The number of nitrogens with one attached hydrogen (secondary N) is 1. The quantitative estimate of drug-likeness (QED) is 0.782. The molecular formula is C17H20N2O. The van der Waals surface area contributed by atoms with E-state index < -0.39 is 0 Å². The summed E-state index contributed by atoms with van der Waals surface area (Å²) in [6.45, 7) is 7.99. The Morgan fingerprint density at radius 3 is 2.55 bits per heavy atom. The molecule has 2 aromatic rings. The third kappa shape index (κ3) is 4.86. The lowest BCUT2D eigenvalue weighted by molar-refractivity contribution is 0.352. The standard InChI is InChI=1S/C17H20N2O/c1-14(2)13-20-17-7-5-15(6-8-17)10-19-12-16-4-3-9-18-11-16/h3-9,11,19H,1,10,12-13H2,2H3. The molecule has 0 saturated heterocycles. The minimum atomic E-state index is 0.568. The summed E-state index contributed by atoms with van der Waals surface area (Å²) in [6.07, 6.45) is 3.66. The van der Waals surface area contributed by atoms with Gasteiger partial charge in [-0.1, -0.05) is 24.8 Å². The van der Waals surface area contributed by atoms with Crippen molar-refractivity contribution in [2.45, 2.75) is 20.0 Å². The fraction of sp³-hybridized carbons (Fsp3) is 0.235. The number of pyridine rings is 1. The van der Waals surface area contributed by atoms with Gasteiger partial charge in [-0.2, -0.15) is 0 Å². The van der Waals surface area contributed by atoms with Crippen LogP contribution in [-0.2, 0) is 13.1 Å². The lowest BCUT2D eigenvalue weighted by Crippen LogP contribution is -2.12. The third-order valence-corrected chi connectivity index (χ3v) is 2.79. The first kappa shape index (κ1) is 14.3. The van der Waals surface area contributed by atoms with Crippen LogP contribution in [0.1, 0.15) is 18.1 Å². The third-order valence-electron chi connectivity index (χ3n) is 2.79. The van der Waals surface area contributed by atoms with Gasteiger partial charge in [0.05, 0.1) is 0 Å². The summed E-state index contributed by atoms with van der Waals surface area (Å²) in [4.78, 5) is 4.09.